The van der Waals surface area contributed by atoms with E-state index in [2.05, 4.69) is 15.0 Å². The van der Waals surface area contributed by atoms with Gasteiger partial charge < -0.3 is 5.32 Å². The molecule has 0 unspecified atom stereocenters. The molecule has 0 atom stereocenters. The molecule has 0 spiro atoms. The molecule has 0 radical (unpaired) electrons. The standard InChI is InChI=1S/C20H12F8N4O/c21-18(22,9-32-17(33)13-2-1-5-31-16(13)20(26,27)28)14-4-3-11(6-15(14)19(23,24)25)12-7-29-10-30-8-12/h1-8,10H,9H2,(H,32,33). The van der Waals surface area contributed by atoms with E-state index in [0.717, 1.165) is 24.7 Å². The topological polar surface area (TPSA) is 67.8 Å². The van der Waals surface area contributed by atoms with Crippen LogP contribution in [0.4, 0.5) is 35.1 Å². The third-order valence-electron chi connectivity index (χ3n) is 4.40. The second kappa shape index (κ2) is 8.71. The molecule has 1 aromatic carbocycles. The normalized spacial score (nSPS) is 12.5. The quantitative estimate of drug-likeness (QED) is 0.521. The summed E-state index contributed by atoms with van der Waals surface area (Å²) in [6.45, 7) is -1.69. The van der Waals surface area contributed by atoms with E-state index >= 15 is 0 Å². The molecule has 1 N–H and O–H groups in total. The van der Waals surface area contributed by atoms with E-state index in [4.69, 9.17) is 0 Å². The Labute approximate surface area is 180 Å². The Bertz CT molecular complexity index is 1150. The molecule has 2 aromatic heterocycles. The van der Waals surface area contributed by atoms with Gasteiger partial charge >= 0.3 is 12.4 Å². The highest BCUT2D eigenvalue weighted by Crippen LogP contribution is 2.41. The molecule has 5 nitrogen and oxygen atoms in total. The number of pyridine rings is 1. The predicted octanol–water partition coefficient (Wildman–Crippen LogP) is 5.10. The molecule has 1 amide bonds. The van der Waals surface area contributed by atoms with Gasteiger partial charge in [0.05, 0.1) is 17.7 Å². The van der Waals surface area contributed by atoms with Crippen LogP contribution in [-0.2, 0) is 18.3 Å². The first-order valence-corrected chi connectivity index (χ1v) is 8.96. The van der Waals surface area contributed by atoms with E-state index in [9.17, 15) is 39.9 Å². The summed E-state index contributed by atoms with van der Waals surface area (Å²) in [5.41, 5.74) is -5.75. The van der Waals surface area contributed by atoms with Crippen molar-refractivity contribution in [3.63, 3.8) is 0 Å². The molecule has 3 aromatic rings. The summed E-state index contributed by atoms with van der Waals surface area (Å²) in [6, 6.07) is 3.69. The molecular weight excluding hydrogens is 464 g/mol. The zero-order valence-electron chi connectivity index (χ0n) is 16.2. The van der Waals surface area contributed by atoms with Crippen LogP contribution in [0.5, 0.6) is 0 Å². The minimum Gasteiger partial charge on any atom is -0.346 e. The smallest absolute Gasteiger partial charge is 0.346 e. The van der Waals surface area contributed by atoms with Crippen LogP contribution in [0.1, 0.15) is 27.2 Å². The van der Waals surface area contributed by atoms with E-state index in [-0.39, 0.29) is 11.1 Å². The van der Waals surface area contributed by atoms with Crippen molar-refractivity contribution in [1.29, 1.82) is 0 Å². The number of carbonyl (C=O) groups is 1. The van der Waals surface area contributed by atoms with Crippen LogP contribution in [0.2, 0.25) is 0 Å². The number of amides is 1. The van der Waals surface area contributed by atoms with E-state index in [0.29, 0.717) is 18.2 Å². The van der Waals surface area contributed by atoms with E-state index in [1.807, 2.05) is 0 Å². The monoisotopic (exact) mass is 476 g/mol. The molecule has 174 valence electrons. The molecular formula is C20H12F8N4O. The first-order valence-electron chi connectivity index (χ1n) is 8.96. The maximum absolute atomic E-state index is 14.7. The van der Waals surface area contributed by atoms with Crippen LogP contribution < -0.4 is 5.32 Å². The molecule has 0 aliphatic carbocycles. The Morgan fingerprint density at radius 1 is 0.848 bits per heavy atom. The van der Waals surface area contributed by atoms with Gasteiger partial charge in [0.15, 0.2) is 5.69 Å². The average Bonchev–Trinajstić information content (AvgIpc) is 2.76. The maximum Gasteiger partial charge on any atom is 0.434 e. The summed E-state index contributed by atoms with van der Waals surface area (Å²) in [4.78, 5) is 22.4. The molecule has 0 bridgehead atoms. The Balaban J connectivity index is 1.91. The SMILES string of the molecule is O=C(NCC(F)(F)c1ccc(-c2cncnc2)cc1C(F)(F)F)c1cccnc1C(F)(F)F. The predicted molar refractivity (Wildman–Crippen MR) is 97.9 cm³/mol. The molecule has 0 saturated carbocycles. The van der Waals surface area contributed by atoms with Crippen molar-refractivity contribution in [1.82, 2.24) is 20.3 Å². The Kier molecular flexibility index (Phi) is 6.34. The van der Waals surface area contributed by atoms with Gasteiger partial charge in [0.25, 0.3) is 11.8 Å². The van der Waals surface area contributed by atoms with Crippen LogP contribution in [0.3, 0.4) is 0 Å². The molecule has 0 saturated heterocycles. The highest BCUT2D eigenvalue weighted by molar-refractivity contribution is 5.95. The van der Waals surface area contributed by atoms with Gasteiger partial charge in [-0.1, -0.05) is 12.1 Å². The van der Waals surface area contributed by atoms with E-state index in [1.54, 1.807) is 5.32 Å². The molecule has 0 fully saturated rings. The van der Waals surface area contributed by atoms with Crippen molar-refractivity contribution < 1.29 is 39.9 Å². The Morgan fingerprint density at radius 3 is 2.12 bits per heavy atom. The summed E-state index contributed by atoms with van der Waals surface area (Å²) < 4.78 is 109. The van der Waals surface area contributed by atoms with E-state index in [1.165, 1.54) is 12.4 Å². The second-order valence-corrected chi connectivity index (χ2v) is 6.67. The van der Waals surface area contributed by atoms with Crippen LogP contribution >= 0.6 is 0 Å². The highest BCUT2D eigenvalue weighted by Gasteiger charge is 2.43. The summed E-state index contributed by atoms with van der Waals surface area (Å²) in [5, 5.41) is 1.56. The molecule has 13 heteroatoms. The fraction of sp³-hybridized carbons (Fsp3) is 0.200. The summed E-state index contributed by atoms with van der Waals surface area (Å²) in [6.07, 6.45) is -5.98. The van der Waals surface area contributed by atoms with Gasteiger partial charge in [-0.3, -0.25) is 9.78 Å². The number of benzene rings is 1. The largest absolute Gasteiger partial charge is 0.434 e. The van der Waals surface area contributed by atoms with Crippen LogP contribution in [0.15, 0.2) is 55.2 Å². The van der Waals surface area contributed by atoms with Crippen molar-refractivity contribution in [3.8, 4) is 11.1 Å². The summed E-state index contributed by atoms with van der Waals surface area (Å²) >= 11 is 0. The van der Waals surface area contributed by atoms with Crippen LogP contribution in [0.25, 0.3) is 11.1 Å². The number of carbonyl (C=O) groups excluding carboxylic acids is 1. The Hall–Kier alpha value is -3.64. The summed E-state index contributed by atoms with van der Waals surface area (Å²) in [7, 11) is 0. The highest BCUT2D eigenvalue weighted by atomic mass is 19.4. The molecule has 2 heterocycles. The summed E-state index contributed by atoms with van der Waals surface area (Å²) in [5.74, 6) is -5.84. The number of rotatable bonds is 5. The third-order valence-corrected chi connectivity index (χ3v) is 4.40. The fourth-order valence-corrected chi connectivity index (χ4v) is 2.92. The minimum atomic E-state index is -5.19. The lowest BCUT2D eigenvalue weighted by Crippen LogP contribution is -2.37. The molecule has 33 heavy (non-hydrogen) atoms. The minimum absolute atomic E-state index is 0.0864. The number of aromatic nitrogens is 3. The molecule has 0 aliphatic rings. The average molecular weight is 476 g/mol. The lowest BCUT2D eigenvalue weighted by molar-refractivity contribution is -0.142. The molecule has 0 aliphatic heterocycles. The van der Waals surface area contributed by atoms with E-state index < -0.39 is 53.1 Å². The number of halogens is 8. The van der Waals surface area contributed by atoms with Crippen LogP contribution in [-0.4, -0.2) is 27.4 Å². The molecule has 3 rings (SSSR count). The number of nitrogens with one attached hydrogen (secondary N) is 1. The van der Waals surface area contributed by atoms with Gasteiger partial charge in [-0.2, -0.15) is 35.1 Å². The third kappa shape index (κ3) is 5.41. The van der Waals surface area contributed by atoms with Crippen molar-refractivity contribution in [2.45, 2.75) is 18.3 Å². The Morgan fingerprint density at radius 2 is 1.52 bits per heavy atom. The number of alkyl halides is 8. The van der Waals surface area contributed by atoms with Gasteiger partial charge in [0.1, 0.15) is 6.33 Å². The van der Waals surface area contributed by atoms with Crippen molar-refractivity contribution >= 4 is 5.91 Å². The zero-order valence-corrected chi connectivity index (χ0v) is 16.2. The number of hydrogen-bond donors (Lipinski definition) is 1. The van der Waals surface area contributed by atoms with Crippen molar-refractivity contribution in [2.24, 2.45) is 0 Å². The first-order chi connectivity index (χ1) is 15.3. The number of hydrogen-bond acceptors (Lipinski definition) is 4. The fourth-order valence-electron chi connectivity index (χ4n) is 2.92. The van der Waals surface area contributed by atoms with Crippen molar-refractivity contribution in [2.75, 3.05) is 6.54 Å². The van der Waals surface area contributed by atoms with Crippen molar-refractivity contribution in [3.05, 3.63) is 77.6 Å². The van der Waals surface area contributed by atoms with Crippen LogP contribution in [0, 0.1) is 0 Å². The second-order valence-electron chi connectivity index (χ2n) is 6.67. The van der Waals surface area contributed by atoms with Gasteiger partial charge in [-0.25, -0.2) is 9.97 Å². The lowest BCUT2D eigenvalue weighted by Gasteiger charge is -2.23. The van der Waals surface area contributed by atoms with Gasteiger partial charge in [-0.05, 0) is 23.8 Å². The maximum atomic E-state index is 14.7. The lowest BCUT2D eigenvalue weighted by atomic mass is 9.96. The zero-order chi connectivity index (χ0) is 24.4. The van der Waals surface area contributed by atoms with Gasteiger partial charge in [-0.15, -0.1) is 0 Å². The first kappa shape index (κ1) is 24.0. The van der Waals surface area contributed by atoms with Gasteiger partial charge in [0, 0.05) is 29.7 Å². The number of nitrogens with zero attached hydrogens (tertiary/aromatic N) is 3. The van der Waals surface area contributed by atoms with Gasteiger partial charge in [0.2, 0.25) is 0 Å².